The molecule has 0 unspecified atom stereocenters. The third kappa shape index (κ3) is 6.26. The lowest BCUT2D eigenvalue weighted by atomic mass is 10.3. The van der Waals surface area contributed by atoms with Crippen molar-refractivity contribution in [2.24, 2.45) is 0 Å². The van der Waals surface area contributed by atoms with E-state index < -0.39 is 30.0 Å². The Labute approximate surface area is 159 Å². The van der Waals surface area contributed by atoms with Crippen LogP contribution in [0.1, 0.15) is 9.75 Å². The van der Waals surface area contributed by atoms with Gasteiger partial charge in [-0.05, 0) is 25.1 Å². The summed E-state index contributed by atoms with van der Waals surface area (Å²) in [5.41, 5.74) is -0.218. The first-order valence-electron chi connectivity index (χ1n) is 7.82. The lowest BCUT2D eigenvalue weighted by Crippen LogP contribution is -2.29. The number of esters is 1. The number of nitro groups is 1. The van der Waals surface area contributed by atoms with Gasteiger partial charge in [0.15, 0.2) is 13.2 Å². The second-order valence-corrected chi connectivity index (χ2v) is 6.70. The zero-order chi connectivity index (χ0) is 19.8. The first-order valence-corrected chi connectivity index (χ1v) is 8.63. The minimum absolute atomic E-state index is 0.00839. The smallest absolute Gasteiger partial charge is 0.344 e. The maximum absolute atomic E-state index is 11.7. The Morgan fingerprint density at radius 1 is 1.22 bits per heavy atom. The number of amides is 1. The molecule has 0 saturated heterocycles. The zero-order valence-corrected chi connectivity index (χ0v) is 15.5. The summed E-state index contributed by atoms with van der Waals surface area (Å²) in [4.78, 5) is 35.7. The van der Waals surface area contributed by atoms with E-state index in [1.807, 2.05) is 19.1 Å². The fraction of sp³-hybridized carbons (Fsp3) is 0.294. The fourth-order valence-corrected chi connectivity index (χ4v) is 2.88. The van der Waals surface area contributed by atoms with E-state index in [0.29, 0.717) is 6.54 Å². The normalized spacial score (nSPS) is 10.1. The Hall–Kier alpha value is -3.14. The number of ether oxygens (including phenoxy) is 3. The van der Waals surface area contributed by atoms with Crippen LogP contribution in [0.5, 0.6) is 11.5 Å². The van der Waals surface area contributed by atoms with Crippen molar-refractivity contribution in [3.05, 3.63) is 50.2 Å². The van der Waals surface area contributed by atoms with Crippen LogP contribution in [0.15, 0.2) is 30.3 Å². The van der Waals surface area contributed by atoms with Crippen LogP contribution in [0.3, 0.4) is 0 Å². The molecule has 1 aromatic heterocycles. The first-order chi connectivity index (χ1) is 12.9. The molecule has 1 aromatic carbocycles. The van der Waals surface area contributed by atoms with E-state index in [4.69, 9.17) is 14.2 Å². The number of nitrogens with one attached hydrogen (secondary N) is 1. The van der Waals surface area contributed by atoms with Crippen LogP contribution >= 0.6 is 11.3 Å². The Bertz CT molecular complexity index is 834. The molecule has 0 radical (unpaired) electrons. The monoisotopic (exact) mass is 394 g/mol. The number of hydrogen-bond donors (Lipinski definition) is 1. The first kappa shape index (κ1) is 20.2. The van der Waals surface area contributed by atoms with Crippen molar-refractivity contribution in [3.8, 4) is 11.5 Å². The van der Waals surface area contributed by atoms with Crippen molar-refractivity contribution in [2.45, 2.75) is 13.5 Å². The third-order valence-corrected chi connectivity index (χ3v) is 4.33. The molecule has 144 valence electrons. The van der Waals surface area contributed by atoms with Crippen LogP contribution in [-0.4, -0.2) is 37.1 Å². The van der Waals surface area contributed by atoms with Gasteiger partial charge in [-0.15, -0.1) is 11.3 Å². The Kier molecular flexibility index (Phi) is 7.12. The highest BCUT2D eigenvalue weighted by atomic mass is 32.1. The molecule has 0 aliphatic carbocycles. The molecule has 1 N–H and O–H groups in total. The summed E-state index contributed by atoms with van der Waals surface area (Å²) in [5, 5.41) is 13.5. The predicted molar refractivity (Wildman–Crippen MR) is 97.0 cm³/mol. The van der Waals surface area contributed by atoms with E-state index in [9.17, 15) is 19.7 Å². The Morgan fingerprint density at radius 3 is 2.63 bits per heavy atom. The molecular formula is C17H18N2O7S. The predicted octanol–water partition coefficient (Wildman–Crippen LogP) is 2.21. The molecule has 0 saturated carbocycles. The average Bonchev–Trinajstić information content (AvgIpc) is 3.07. The minimum atomic E-state index is -0.741. The minimum Gasteiger partial charge on any atom is -0.490 e. The van der Waals surface area contributed by atoms with Crippen molar-refractivity contribution in [2.75, 3.05) is 20.3 Å². The number of nitrogens with zero attached hydrogens (tertiary/aromatic N) is 1. The van der Waals surface area contributed by atoms with Crippen molar-refractivity contribution in [3.63, 3.8) is 0 Å². The second kappa shape index (κ2) is 9.53. The molecule has 0 spiro atoms. The average molecular weight is 394 g/mol. The van der Waals surface area contributed by atoms with Gasteiger partial charge in [0.25, 0.3) is 5.91 Å². The molecule has 0 fully saturated rings. The molecule has 0 bridgehead atoms. The molecule has 0 aliphatic rings. The molecular weight excluding hydrogens is 376 g/mol. The summed E-state index contributed by atoms with van der Waals surface area (Å²) < 4.78 is 14.9. The summed E-state index contributed by atoms with van der Waals surface area (Å²) in [5.74, 6) is -0.957. The Morgan fingerprint density at radius 2 is 2.00 bits per heavy atom. The highest BCUT2D eigenvalue weighted by Crippen LogP contribution is 2.30. The quantitative estimate of drug-likeness (QED) is 0.394. The van der Waals surface area contributed by atoms with E-state index in [1.54, 1.807) is 11.3 Å². The van der Waals surface area contributed by atoms with E-state index in [2.05, 4.69) is 5.32 Å². The van der Waals surface area contributed by atoms with Gasteiger partial charge in [-0.1, -0.05) is 0 Å². The SMILES string of the molecule is COc1cc(OCC(=O)OCC(=O)NCc2ccc(C)s2)ccc1[N+](=O)[O-]. The lowest BCUT2D eigenvalue weighted by molar-refractivity contribution is -0.385. The fourth-order valence-electron chi connectivity index (χ4n) is 2.05. The van der Waals surface area contributed by atoms with E-state index in [1.165, 1.54) is 25.3 Å². The molecule has 27 heavy (non-hydrogen) atoms. The topological polar surface area (TPSA) is 117 Å². The molecule has 0 atom stereocenters. The molecule has 1 amide bonds. The molecule has 2 rings (SSSR count). The third-order valence-electron chi connectivity index (χ3n) is 3.32. The summed E-state index contributed by atoms with van der Waals surface area (Å²) >= 11 is 1.57. The van der Waals surface area contributed by atoms with Gasteiger partial charge in [0.2, 0.25) is 5.75 Å². The van der Waals surface area contributed by atoms with E-state index >= 15 is 0 Å². The standard InChI is InChI=1S/C17H18N2O7S/c1-11-3-5-13(27-11)8-18-16(20)9-26-17(21)10-25-12-4-6-14(19(22)23)15(7-12)24-2/h3-7H,8-10H2,1-2H3,(H,18,20). The van der Waals surface area contributed by atoms with Gasteiger partial charge in [0, 0.05) is 21.9 Å². The maximum Gasteiger partial charge on any atom is 0.344 e. The van der Waals surface area contributed by atoms with Crippen LogP contribution in [0.4, 0.5) is 5.69 Å². The lowest BCUT2D eigenvalue weighted by Gasteiger charge is -2.08. The summed E-state index contributed by atoms with van der Waals surface area (Å²) in [6.07, 6.45) is 0. The number of carbonyl (C=O) groups excluding carboxylic acids is 2. The van der Waals surface area contributed by atoms with E-state index in [-0.39, 0.29) is 17.2 Å². The highest BCUT2D eigenvalue weighted by molar-refractivity contribution is 7.11. The summed E-state index contributed by atoms with van der Waals surface area (Å²) in [7, 11) is 1.29. The number of nitro benzene ring substituents is 1. The molecule has 0 aliphatic heterocycles. The number of hydrogen-bond acceptors (Lipinski definition) is 8. The summed E-state index contributed by atoms with van der Waals surface area (Å²) in [6.45, 7) is 1.47. The van der Waals surface area contributed by atoms with E-state index in [0.717, 1.165) is 9.75 Å². The number of aryl methyl sites for hydroxylation is 1. The maximum atomic E-state index is 11.7. The van der Waals surface area contributed by atoms with Gasteiger partial charge in [-0.3, -0.25) is 14.9 Å². The van der Waals surface area contributed by atoms with Crippen molar-refractivity contribution >= 4 is 28.9 Å². The molecule has 9 nitrogen and oxygen atoms in total. The number of carbonyl (C=O) groups is 2. The zero-order valence-electron chi connectivity index (χ0n) is 14.7. The van der Waals surface area contributed by atoms with Gasteiger partial charge >= 0.3 is 11.7 Å². The van der Waals surface area contributed by atoms with Crippen LogP contribution < -0.4 is 14.8 Å². The largest absolute Gasteiger partial charge is 0.490 e. The van der Waals surface area contributed by atoms with Crippen molar-refractivity contribution in [1.29, 1.82) is 0 Å². The second-order valence-electron chi connectivity index (χ2n) is 5.33. The molecule has 2 aromatic rings. The number of benzene rings is 1. The number of rotatable bonds is 9. The molecule has 10 heteroatoms. The number of thiophene rings is 1. The van der Waals surface area contributed by atoms with Gasteiger partial charge in [-0.2, -0.15) is 0 Å². The van der Waals surface area contributed by atoms with Crippen LogP contribution in [0.2, 0.25) is 0 Å². The number of methoxy groups -OCH3 is 1. The summed E-state index contributed by atoms with van der Waals surface area (Å²) in [6, 6.07) is 7.71. The van der Waals surface area contributed by atoms with Crippen LogP contribution in [-0.2, 0) is 20.9 Å². The Balaban J connectivity index is 1.74. The van der Waals surface area contributed by atoms with Gasteiger partial charge in [0.05, 0.1) is 18.6 Å². The molecule has 1 heterocycles. The van der Waals surface area contributed by atoms with Gasteiger partial charge in [-0.25, -0.2) is 4.79 Å². The van der Waals surface area contributed by atoms with Crippen molar-refractivity contribution in [1.82, 2.24) is 5.32 Å². The van der Waals surface area contributed by atoms with Gasteiger partial charge < -0.3 is 19.5 Å². The van der Waals surface area contributed by atoms with Crippen LogP contribution in [0.25, 0.3) is 0 Å². The van der Waals surface area contributed by atoms with Crippen molar-refractivity contribution < 1.29 is 28.7 Å². The highest BCUT2D eigenvalue weighted by Gasteiger charge is 2.16. The van der Waals surface area contributed by atoms with Gasteiger partial charge in [0.1, 0.15) is 5.75 Å². The van der Waals surface area contributed by atoms with Crippen LogP contribution in [0, 0.1) is 17.0 Å².